The molecule has 0 spiro atoms. The van der Waals surface area contributed by atoms with Crippen LogP contribution in [0.25, 0.3) is 11.3 Å². The van der Waals surface area contributed by atoms with Crippen LogP contribution in [-0.2, 0) is 12.8 Å². The molecule has 1 aromatic heterocycles. The van der Waals surface area contributed by atoms with Gasteiger partial charge >= 0.3 is 5.69 Å². The first kappa shape index (κ1) is 10.3. The van der Waals surface area contributed by atoms with Gasteiger partial charge in [-0.3, -0.25) is 0 Å². The molecule has 0 fully saturated rings. The Kier molecular flexibility index (Phi) is 2.32. The van der Waals surface area contributed by atoms with Crippen LogP contribution < -0.4 is 5.69 Å². The van der Waals surface area contributed by atoms with E-state index in [4.69, 9.17) is 0 Å². The predicted octanol–water partition coefficient (Wildman–Crippen LogP) is 2.23. The highest BCUT2D eigenvalue weighted by molar-refractivity contribution is 5.61. The third kappa shape index (κ3) is 1.88. The van der Waals surface area contributed by atoms with Gasteiger partial charge in [0.25, 0.3) is 0 Å². The fourth-order valence-corrected chi connectivity index (χ4v) is 2.46. The zero-order valence-corrected chi connectivity index (χ0v) is 9.79. The molecule has 3 rings (SSSR count). The molecule has 86 valence electrons. The summed E-state index contributed by atoms with van der Waals surface area (Å²) in [6.07, 6.45) is 3.56. The molecule has 1 aliphatic carbocycles. The van der Waals surface area contributed by atoms with Gasteiger partial charge in [0.2, 0.25) is 0 Å². The maximum Gasteiger partial charge on any atom is 0.345 e. The fraction of sp³-hybridized carbons (Fsp3) is 0.286. The van der Waals surface area contributed by atoms with Crippen molar-refractivity contribution in [2.24, 2.45) is 0 Å². The molecule has 0 saturated carbocycles. The van der Waals surface area contributed by atoms with Crippen molar-refractivity contribution in [2.75, 3.05) is 0 Å². The summed E-state index contributed by atoms with van der Waals surface area (Å²) in [6.45, 7) is 1.87. The topological polar surface area (TPSA) is 45.8 Å². The molecule has 0 aliphatic heterocycles. The number of aromatic nitrogens is 2. The maximum atomic E-state index is 11.4. The number of benzene rings is 1. The van der Waals surface area contributed by atoms with Crippen molar-refractivity contribution in [1.82, 2.24) is 9.97 Å². The summed E-state index contributed by atoms with van der Waals surface area (Å²) in [5, 5.41) is 0. The molecular formula is C14H14N2O. The highest BCUT2D eigenvalue weighted by Gasteiger charge is 2.12. The Bertz CT molecular complexity index is 628. The molecule has 0 radical (unpaired) electrons. The highest BCUT2D eigenvalue weighted by atomic mass is 16.1. The molecule has 0 atom stereocenters. The summed E-state index contributed by atoms with van der Waals surface area (Å²) in [6, 6.07) is 8.31. The van der Waals surface area contributed by atoms with Gasteiger partial charge in [-0.1, -0.05) is 12.1 Å². The summed E-state index contributed by atoms with van der Waals surface area (Å²) < 4.78 is 0. The highest BCUT2D eigenvalue weighted by Crippen LogP contribution is 2.26. The van der Waals surface area contributed by atoms with Crippen molar-refractivity contribution >= 4 is 0 Å². The first-order valence-electron chi connectivity index (χ1n) is 5.92. The molecule has 1 N–H and O–H groups in total. The third-order valence-corrected chi connectivity index (χ3v) is 3.27. The molecule has 1 aliphatic rings. The van der Waals surface area contributed by atoms with E-state index in [1.807, 2.05) is 13.0 Å². The maximum absolute atomic E-state index is 11.4. The van der Waals surface area contributed by atoms with E-state index in [2.05, 4.69) is 28.2 Å². The molecule has 3 heteroatoms. The second-order valence-corrected chi connectivity index (χ2v) is 4.59. The average Bonchev–Trinajstić information content (AvgIpc) is 2.74. The van der Waals surface area contributed by atoms with E-state index in [1.165, 1.54) is 24.0 Å². The van der Waals surface area contributed by atoms with Gasteiger partial charge in [0.1, 0.15) is 0 Å². The summed E-state index contributed by atoms with van der Waals surface area (Å²) in [5.41, 5.74) is 5.22. The molecule has 0 amide bonds. The van der Waals surface area contributed by atoms with Crippen molar-refractivity contribution in [1.29, 1.82) is 0 Å². The lowest BCUT2D eigenvalue weighted by molar-refractivity contribution is 0.912. The first-order valence-corrected chi connectivity index (χ1v) is 5.92. The fourth-order valence-electron chi connectivity index (χ4n) is 2.46. The number of nitrogens with zero attached hydrogens (tertiary/aromatic N) is 1. The second-order valence-electron chi connectivity index (χ2n) is 4.59. The van der Waals surface area contributed by atoms with Crippen LogP contribution >= 0.6 is 0 Å². The van der Waals surface area contributed by atoms with E-state index in [9.17, 15) is 4.79 Å². The van der Waals surface area contributed by atoms with Crippen LogP contribution in [0.3, 0.4) is 0 Å². The SMILES string of the molecule is Cc1cc(-c2ccc3c(c2)CCC3)nc(=O)[nH]1. The predicted molar refractivity (Wildman–Crippen MR) is 67.1 cm³/mol. The minimum Gasteiger partial charge on any atom is -0.310 e. The van der Waals surface area contributed by atoms with Gasteiger partial charge < -0.3 is 4.98 Å². The number of aryl methyl sites for hydroxylation is 3. The van der Waals surface area contributed by atoms with Crippen molar-refractivity contribution in [3.63, 3.8) is 0 Å². The minimum atomic E-state index is -0.277. The van der Waals surface area contributed by atoms with Gasteiger partial charge in [-0.05, 0) is 49.4 Å². The van der Waals surface area contributed by atoms with Crippen molar-refractivity contribution in [3.8, 4) is 11.3 Å². The summed E-state index contributed by atoms with van der Waals surface area (Å²) >= 11 is 0. The second kappa shape index (κ2) is 3.84. The molecule has 1 heterocycles. The van der Waals surface area contributed by atoms with Gasteiger partial charge in [-0.15, -0.1) is 0 Å². The number of rotatable bonds is 1. The van der Waals surface area contributed by atoms with Crippen LogP contribution in [-0.4, -0.2) is 9.97 Å². The first-order chi connectivity index (χ1) is 8.22. The molecule has 3 nitrogen and oxygen atoms in total. The Hall–Kier alpha value is -1.90. The van der Waals surface area contributed by atoms with Gasteiger partial charge in [-0.2, -0.15) is 4.98 Å². The monoisotopic (exact) mass is 226 g/mol. The Morgan fingerprint density at radius 3 is 2.82 bits per heavy atom. The summed E-state index contributed by atoms with van der Waals surface area (Å²) in [7, 11) is 0. The Morgan fingerprint density at radius 2 is 2.00 bits per heavy atom. The number of fused-ring (bicyclic) bond motifs is 1. The molecule has 17 heavy (non-hydrogen) atoms. The molecule has 1 aromatic carbocycles. The zero-order valence-electron chi connectivity index (χ0n) is 9.79. The van der Waals surface area contributed by atoms with E-state index in [0.29, 0.717) is 0 Å². The van der Waals surface area contributed by atoms with E-state index < -0.39 is 0 Å². The van der Waals surface area contributed by atoms with Crippen molar-refractivity contribution < 1.29 is 0 Å². The molecule has 0 saturated heterocycles. The van der Waals surface area contributed by atoms with Crippen LogP contribution in [0.4, 0.5) is 0 Å². The summed E-state index contributed by atoms with van der Waals surface area (Å²) in [4.78, 5) is 18.0. The number of hydrogen-bond donors (Lipinski definition) is 1. The lowest BCUT2D eigenvalue weighted by Gasteiger charge is -2.04. The van der Waals surface area contributed by atoms with Crippen LogP contribution in [0.5, 0.6) is 0 Å². The van der Waals surface area contributed by atoms with Crippen molar-refractivity contribution in [2.45, 2.75) is 26.2 Å². The normalized spacial score (nSPS) is 13.7. The van der Waals surface area contributed by atoms with Crippen LogP contribution in [0.2, 0.25) is 0 Å². The molecular weight excluding hydrogens is 212 g/mol. The number of hydrogen-bond acceptors (Lipinski definition) is 2. The van der Waals surface area contributed by atoms with Gasteiger partial charge in [0, 0.05) is 11.3 Å². The minimum absolute atomic E-state index is 0.277. The Labute approximate surface area is 99.5 Å². The standard InChI is InChI=1S/C14H14N2O/c1-9-7-13(16-14(17)15-9)12-6-5-10-3-2-4-11(10)8-12/h5-8H,2-4H2,1H3,(H,15,16,17). The average molecular weight is 226 g/mol. The smallest absolute Gasteiger partial charge is 0.310 e. The quantitative estimate of drug-likeness (QED) is 0.810. The van der Waals surface area contributed by atoms with E-state index in [1.54, 1.807) is 0 Å². The Morgan fingerprint density at radius 1 is 1.18 bits per heavy atom. The van der Waals surface area contributed by atoms with Gasteiger partial charge in [0.15, 0.2) is 0 Å². The lowest BCUT2D eigenvalue weighted by atomic mass is 10.0. The van der Waals surface area contributed by atoms with Gasteiger partial charge in [0.05, 0.1) is 5.69 Å². The summed E-state index contributed by atoms with van der Waals surface area (Å²) in [5.74, 6) is 0. The third-order valence-electron chi connectivity index (χ3n) is 3.27. The molecule has 0 bridgehead atoms. The van der Waals surface area contributed by atoms with Crippen LogP contribution in [0.15, 0.2) is 29.1 Å². The number of nitrogens with one attached hydrogen (secondary N) is 1. The molecule has 0 unspecified atom stereocenters. The van der Waals surface area contributed by atoms with E-state index in [0.717, 1.165) is 23.4 Å². The van der Waals surface area contributed by atoms with Gasteiger partial charge in [-0.25, -0.2) is 4.79 Å². The van der Waals surface area contributed by atoms with Crippen LogP contribution in [0, 0.1) is 6.92 Å². The number of aromatic amines is 1. The van der Waals surface area contributed by atoms with E-state index in [-0.39, 0.29) is 5.69 Å². The van der Waals surface area contributed by atoms with E-state index >= 15 is 0 Å². The van der Waals surface area contributed by atoms with Crippen molar-refractivity contribution in [3.05, 3.63) is 51.6 Å². The van der Waals surface area contributed by atoms with Crippen LogP contribution in [0.1, 0.15) is 23.2 Å². The Balaban J connectivity index is 2.12. The number of H-pyrrole nitrogens is 1. The zero-order chi connectivity index (χ0) is 11.8. The largest absolute Gasteiger partial charge is 0.345 e. The molecule has 2 aromatic rings. The lowest BCUT2D eigenvalue weighted by Crippen LogP contribution is -2.11.